The van der Waals surface area contributed by atoms with Crippen molar-refractivity contribution in [3.63, 3.8) is 0 Å². The fourth-order valence-electron chi connectivity index (χ4n) is 4.00. The van der Waals surface area contributed by atoms with E-state index in [0.717, 1.165) is 47.0 Å². The second-order valence-electron chi connectivity index (χ2n) is 8.44. The Morgan fingerprint density at radius 3 is 2.52 bits per heavy atom. The van der Waals surface area contributed by atoms with Crippen molar-refractivity contribution in [2.45, 2.75) is 51.2 Å². The van der Waals surface area contributed by atoms with Gasteiger partial charge in [0.05, 0.1) is 15.5 Å². The van der Waals surface area contributed by atoms with E-state index in [-0.39, 0.29) is 28.6 Å². The number of Topliss-reactive ketones (excluding diaryl/α,β-unsaturated/α-hetero) is 1. The number of sulfone groups is 1. The van der Waals surface area contributed by atoms with Crippen molar-refractivity contribution in [2.75, 3.05) is 5.75 Å². The van der Waals surface area contributed by atoms with E-state index in [4.69, 9.17) is 0 Å². The maximum absolute atomic E-state index is 12.8. The zero-order valence-electron chi connectivity index (χ0n) is 17.3. The first-order valence-corrected chi connectivity index (χ1v) is 12.7. The smallest absolute Gasteiger partial charge is 0.152 e. The van der Waals surface area contributed by atoms with E-state index in [1.54, 1.807) is 18.5 Å². The number of hydrogen-bond acceptors (Lipinski definition) is 4. The molecule has 2 aromatic rings. The van der Waals surface area contributed by atoms with Crippen molar-refractivity contribution < 1.29 is 13.2 Å². The van der Waals surface area contributed by atoms with Gasteiger partial charge in [0.25, 0.3) is 0 Å². The molecule has 0 N–H and O–H groups in total. The van der Waals surface area contributed by atoms with E-state index >= 15 is 0 Å². The molecule has 7 heteroatoms. The summed E-state index contributed by atoms with van der Waals surface area (Å²) < 4.78 is 27.0. The molecule has 1 aliphatic rings. The molecule has 1 heterocycles. The lowest BCUT2D eigenvalue weighted by Crippen LogP contribution is -2.29. The van der Waals surface area contributed by atoms with Gasteiger partial charge >= 0.3 is 0 Å². The van der Waals surface area contributed by atoms with Gasteiger partial charge < -0.3 is 0 Å². The lowest BCUT2D eigenvalue weighted by atomic mass is 9.79. The molecule has 0 atom stereocenters. The summed E-state index contributed by atoms with van der Waals surface area (Å²) in [7, 11) is -1.13. The molecule has 0 spiro atoms. The van der Waals surface area contributed by atoms with Crippen LogP contribution < -0.4 is 0 Å². The van der Waals surface area contributed by atoms with Crippen LogP contribution in [0.1, 0.15) is 45.1 Å². The minimum Gasteiger partial charge on any atom is -0.299 e. The Bertz CT molecular complexity index is 974. The predicted molar refractivity (Wildman–Crippen MR) is 119 cm³/mol. The van der Waals surface area contributed by atoms with Gasteiger partial charge in [-0.25, -0.2) is 8.42 Å². The van der Waals surface area contributed by atoms with Crippen LogP contribution in [0.2, 0.25) is 0 Å². The molecule has 1 aliphatic carbocycles. The Kier molecular flexibility index (Phi) is 6.99. The van der Waals surface area contributed by atoms with Gasteiger partial charge in [0.2, 0.25) is 0 Å². The van der Waals surface area contributed by atoms with Gasteiger partial charge in [-0.15, -0.1) is 0 Å². The van der Waals surface area contributed by atoms with Crippen LogP contribution in [-0.2, 0) is 28.1 Å². The highest BCUT2D eigenvalue weighted by molar-refractivity contribution is 9.10. The Hall–Kier alpha value is -1.47. The Labute approximate surface area is 181 Å². The van der Waals surface area contributed by atoms with Crippen molar-refractivity contribution in [1.82, 2.24) is 9.78 Å². The summed E-state index contributed by atoms with van der Waals surface area (Å²) >= 11 is 3.53. The molecular formula is C22H29BrN2O3S. The molecule has 0 radical (unpaired) electrons. The van der Waals surface area contributed by atoms with Crippen LogP contribution in [-0.4, -0.2) is 35.0 Å². The largest absolute Gasteiger partial charge is 0.299 e. The van der Waals surface area contributed by atoms with Gasteiger partial charge in [0.15, 0.2) is 9.84 Å². The standard InChI is InChI=1S/C22H29BrN2O3S/c1-15(2)29(27,28)14-16-7-9-18(10-8-16)21(26)12-17-5-4-6-19(11-17)22-20(23)13-25(3)24-22/h4-6,11,13,15-16,18H,7-10,12,14H2,1-3H3. The maximum atomic E-state index is 12.8. The van der Waals surface area contributed by atoms with E-state index in [2.05, 4.69) is 21.0 Å². The number of nitrogens with zero attached hydrogens (tertiary/aromatic N) is 2. The molecule has 0 amide bonds. The van der Waals surface area contributed by atoms with Crippen molar-refractivity contribution in [3.8, 4) is 11.3 Å². The molecular weight excluding hydrogens is 452 g/mol. The van der Waals surface area contributed by atoms with Crippen LogP contribution in [0.3, 0.4) is 0 Å². The van der Waals surface area contributed by atoms with Gasteiger partial charge in [-0.3, -0.25) is 9.48 Å². The predicted octanol–water partition coefficient (Wildman–Crippen LogP) is 4.59. The van der Waals surface area contributed by atoms with Gasteiger partial charge in [-0.1, -0.05) is 18.2 Å². The Morgan fingerprint density at radius 1 is 1.24 bits per heavy atom. The third kappa shape index (κ3) is 5.57. The third-order valence-corrected chi connectivity index (χ3v) is 8.80. The molecule has 0 bridgehead atoms. The minimum atomic E-state index is -3.01. The molecule has 5 nitrogen and oxygen atoms in total. The number of carbonyl (C=O) groups is 1. The lowest BCUT2D eigenvalue weighted by molar-refractivity contribution is -0.123. The summed E-state index contributed by atoms with van der Waals surface area (Å²) in [5, 5.41) is 4.15. The second kappa shape index (κ2) is 9.13. The van der Waals surface area contributed by atoms with Crippen LogP contribution >= 0.6 is 15.9 Å². The summed E-state index contributed by atoms with van der Waals surface area (Å²) in [4.78, 5) is 12.8. The van der Waals surface area contributed by atoms with E-state index in [9.17, 15) is 13.2 Å². The highest BCUT2D eigenvalue weighted by Gasteiger charge is 2.30. The Balaban J connectivity index is 1.59. The average molecular weight is 481 g/mol. The molecule has 1 fully saturated rings. The van der Waals surface area contributed by atoms with Gasteiger partial charge in [0.1, 0.15) is 11.5 Å². The summed E-state index contributed by atoms with van der Waals surface area (Å²) in [5.74, 6) is 0.744. The van der Waals surface area contributed by atoms with Crippen molar-refractivity contribution in [1.29, 1.82) is 0 Å². The number of halogens is 1. The highest BCUT2D eigenvalue weighted by Crippen LogP contribution is 2.32. The third-order valence-electron chi connectivity index (χ3n) is 5.85. The summed E-state index contributed by atoms with van der Waals surface area (Å²) in [5.41, 5.74) is 2.86. The molecule has 158 valence electrons. The van der Waals surface area contributed by atoms with Crippen molar-refractivity contribution in [3.05, 3.63) is 40.5 Å². The van der Waals surface area contributed by atoms with Crippen molar-refractivity contribution in [2.24, 2.45) is 18.9 Å². The summed E-state index contributed by atoms with van der Waals surface area (Å²) in [6, 6.07) is 7.99. The highest BCUT2D eigenvalue weighted by atomic mass is 79.9. The number of aromatic nitrogens is 2. The number of rotatable bonds is 7. The Morgan fingerprint density at radius 2 is 1.93 bits per heavy atom. The average Bonchev–Trinajstić information content (AvgIpc) is 3.00. The zero-order valence-corrected chi connectivity index (χ0v) is 19.7. The van der Waals surface area contributed by atoms with E-state index in [0.29, 0.717) is 6.42 Å². The molecule has 0 unspecified atom stereocenters. The van der Waals surface area contributed by atoms with E-state index < -0.39 is 9.84 Å². The van der Waals surface area contributed by atoms with Crippen LogP contribution in [0.25, 0.3) is 11.3 Å². The normalized spacial score (nSPS) is 20.2. The molecule has 1 aromatic carbocycles. The van der Waals surface area contributed by atoms with Crippen molar-refractivity contribution >= 4 is 31.6 Å². The molecule has 1 aromatic heterocycles. The van der Waals surface area contributed by atoms with Gasteiger partial charge in [-0.05, 0) is 73.0 Å². The van der Waals surface area contributed by atoms with Gasteiger partial charge in [0, 0.05) is 31.1 Å². The van der Waals surface area contributed by atoms with Gasteiger partial charge in [-0.2, -0.15) is 5.10 Å². The van der Waals surface area contributed by atoms with Crippen LogP contribution in [0, 0.1) is 11.8 Å². The van der Waals surface area contributed by atoms with Crippen LogP contribution in [0.5, 0.6) is 0 Å². The monoisotopic (exact) mass is 480 g/mol. The zero-order chi connectivity index (χ0) is 21.2. The number of ketones is 1. The first-order chi connectivity index (χ1) is 13.7. The number of carbonyl (C=O) groups excluding carboxylic acids is 1. The number of hydrogen-bond donors (Lipinski definition) is 0. The van der Waals surface area contributed by atoms with Crippen LogP contribution in [0.15, 0.2) is 34.9 Å². The first kappa shape index (κ1) is 22.2. The molecule has 3 rings (SSSR count). The summed E-state index contributed by atoms with van der Waals surface area (Å²) in [6.45, 7) is 3.48. The topological polar surface area (TPSA) is 69.0 Å². The lowest BCUT2D eigenvalue weighted by Gasteiger charge is -2.28. The van der Waals surface area contributed by atoms with E-state index in [1.807, 2.05) is 37.5 Å². The van der Waals surface area contributed by atoms with E-state index in [1.165, 1.54) is 0 Å². The maximum Gasteiger partial charge on any atom is 0.152 e. The minimum absolute atomic E-state index is 0.0400. The quantitative estimate of drug-likeness (QED) is 0.580. The SMILES string of the molecule is CC(C)S(=O)(=O)CC1CCC(C(=O)Cc2cccc(-c3nn(C)cc3Br)c2)CC1. The summed E-state index contributed by atoms with van der Waals surface area (Å²) in [6.07, 6.45) is 5.56. The fraction of sp³-hybridized carbons (Fsp3) is 0.545. The molecule has 29 heavy (non-hydrogen) atoms. The molecule has 0 aliphatic heterocycles. The fourth-order valence-corrected chi connectivity index (χ4v) is 5.98. The molecule has 1 saturated carbocycles. The number of benzene rings is 1. The van der Waals surface area contributed by atoms with Crippen LogP contribution in [0.4, 0.5) is 0 Å². The number of aryl methyl sites for hydroxylation is 1. The second-order valence-corrected chi connectivity index (χ2v) is 11.9. The first-order valence-electron chi connectivity index (χ1n) is 10.2. The molecule has 0 saturated heterocycles.